The van der Waals surface area contributed by atoms with Crippen molar-refractivity contribution in [3.8, 4) is 23.0 Å². The smallest absolute Gasteiger partial charge is 0.417 e. The second-order valence-corrected chi connectivity index (χ2v) is 14.3. The maximum Gasteiger partial charge on any atom is 0.417 e. The van der Waals surface area contributed by atoms with Gasteiger partial charge in [0.15, 0.2) is 10.9 Å². The fourth-order valence-corrected chi connectivity index (χ4v) is 8.33. The van der Waals surface area contributed by atoms with Crippen LogP contribution in [0.5, 0.6) is 11.9 Å². The molecule has 3 aliphatic heterocycles. The van der Waals surface area contributed by atoms with Crippen LogP contribution in [0.25, 0.3) is 32.2 Å². The average Bonchev–Trinajstić information content (AvgIpc) is 3.77. The van der Waals surface area contributed by atoms with Crippen molar-refractivity contribution in [2.45, 2.75) is 69.1 Å². The Morgan fingerprint density at radius 1 is 1.18 bits per heavy atom. The summed E-state index contributed by atoms with van der Waals surface area (Å²) in [4.78, 5) is 28.7. The van der Waals surface area contributed by atoms with Crippen molar-refractivity contribution in [2.75, 3.05) is 32.0 Å². The number of likely N-dealkylation sites (tertiary alicyclic amines) is 1. The summed E-state index contributed by atoms with van der Waals surface area (Å²) in [6.07, 6.45) is -3.80. The predicted octanol–water partition coefficient (Wildman–Crippen LogP) is 6.69. The molecule has 2 aromatic heterocycles. The minimum atomic E-state index is -5.10. The molecule has 0 saturated carbocycles. The first kappa shape index (κ1) is 33.3. The van der Waals surface area contributed by atoms with E-state index in [0.717, 1.165) is 36.0 Å². The highest BCUT2D eigenvalue weighted by Crippen LogP contribution is 2.47. The summed E-state index contributed by atoms with van der Waals surface area (Å²) in [6, 6.07) is 2.24. The van der Waals surface area contributed by atoms with Gasteiger partial charge in [-0.2, -0.15) is 23.1 Å². The zero-order valence-electron chi connectivity index (χ0n) is 26.5. The van der Waals surface area contributed by atoms with Gasteiger partial charge in [0, 0.05) is 37.1 Å². The topological polar surface area (TPSA) is 107 Å². The molecule has 3 aliphatic rings. The van der Waals surface area contributed by atoms with Crippen LogP contribution in [0.1, 0.15) is 45.1 Å². The molecular formula is C33H32F6N6O3S. The molecule has 3 fully saturated rings. The standard InChI is InChI=1S/C33H32F6N6O3S/c1-4-22(46)45-11-8-21(31(45,2)3)48-28-18-12-19(33(37,38)39)23(17-6-7-20(35)27-26(17)41-29(40)49-27)24(36)25(18)42-30(43-28)47-15-32-9-5-10-44(32)14-16(34)13-32/h4,6-7,12,16,21H,1,5,8-11,13-15H2,2-3H3,(H2,40,41)/t16-,21?,32+/m1/s1. The van der Waals surface area contributed by atoms with Crippen LogP contribution in [-0.4, -0.2) is 80.3 Å². The molecular weight excluding hydrogens is 674 g/mol. The molecule has 5 heterocycles. The molecule has 1 unspecified atom stereocenters. The minimum absolute atomic E-state index is 0.0410. The Balaban J connectivity index is 1.40. The molecule has 0 bridgehead atoms. The molecule has 1 amide bonds. The number of hydrogen-bond donors (Lipinski definition) is 1. The van der Waals surface area contributed by atoms with Gasteiger partial charge in [-0.1, -0.05) is 17.9 Å². The summed E-state index contributed by atoms with van der Waals surface area (Å²) < 4.78 is 103. The summed E-state index contributed by atoms with van der Waals surface area (Å²) in [5.74, 6) is -2.91. The van der Waals surface area contributed by atoms with E-state index in [1.807, 2.05) is 4.90 Å². The van der Waals surface area contributed by atoms with E-state index in [2.05, 4.69) is 21.5 Å². The number of alkyl halides is 4. The number of ether oxygens (including phenoxy) is 2. The maximum absolute atomic E-state index is 16.9. The lowest BCUT2D eigenvalue weighted by Crippen LogP contribution is -2.49. The van der Waals surface area contributed by atoms with E-state index >= 15 is 4.39 Å². The number of amides is 1. The van der Waals surface area contributed by atoms with Crippen molar-refractivity contribution < 1.29 is 40.6 Å². The summed E-state index contributed by atoms with van der Waals surface area (Å²) in [6.45, 7) is 8.15. The van der Waals surface area contributed by atoms with Gasteiger partial charge >= 0.3 is 12.2 Å². The van der Waals surface area contributed by atoms with Crippen molar-refractivity contribution in [3.63, 3.8) is 0 Å². The SMILES string of the molecule is C=CC(=O)N1CCC(Oc2nc(OC[C@@]34CCCN3C[C@H](F)C4)nc3c(F)c(-c4ccc(F)c5sc(N)nc45)c(C(F)(F)F)cc23)C1(C)C. The number of anilines is 1. The van der Waals surface area contributed by atoms with Crippen LogP contribution in [0.3, 0.4) is 0 Å². The Morgan fingerprint density at radius 3 is 2.69 bits per heavy atom. The Kier molecular flexibility index (Phi) is 7.97. The highest BCUT2D eigenvalue weighted by Gasteiger charge is 2.50. The molecule has 16 heteroatoms. The molecule has 2 N–H and O–H groups in total. The van der Waals surface area contributed by atoms with Gasteiger partial charge < -0.3 is 20.1 Å². The predicted molar refractivity (Wildman–Crippen MR) is 171 cm³/mol. The number of carbonyl (C=O) groups excluding carboxylic acids is 1. The van der Waals surface area contributed by atoms with Gasteiger partial charge in [-0.3, -0.25) is 9.69 Å². The van der Waals surface area contributed by atoms with Crippen LogP contribution >= 0.6 is 11.3 Å². The molecule has 3 saturated heterocycles. The van der Waals surface area contributed by atoms with Crippen molar-refractivity contribution in [1.29, 1.82) is 0 Å². The number of halogens is 6. The monoisotopic (exact) mass is 706 g/mol. The quantitative estimate of drug-likeness (QED) is 0.168. The van der Waals surface area contributed by atoms with Crippen molar-refractivity contribution in [2.24, 2.45) is 0 Å². The number of nitrogen functional groups attached to an aromatic ring is 1. The second-order valence-electron chi connectivity index (χ2n) is 13.2. The van der Waals surface area contributed by atoms with Gasteiger partial charge in [-0.15, -0.1) is 0 Å². The maximum atomic E-state index is 16.9. The molecule has 4 aromatic rings. The largest absolute Gasteiger partial charge is 0.471 e. The third-order valence-corrected chi connectivity index (χ3v) is 10.9. The highest BCUT2D eigenvalue weighted by atomic mass is 32.1. The first-order valence-corrected chi connectivity index (χ1v) is 16.5. The number of nitrogens with two attached hydrogens (primary N) is 1. The summed E-state index contributed by atoms with van der Waals surface area (Å²) >= 11 is 0.720. The molecule has 260 valence electrons. The molecule has 0 aliphatic carbocycles. The van der Waals surface area contributed by atoms with Crippen LogP contribution in [0.4, 0.5) is 31.5 Å². The van der Waals surface area contributed by atoms with Gasteiger partial charge in [-0.05, 0) is 57.5 Å². The second kappa shape index (κ2) is 11.7. The van der Waals surface area contributed by atoms with Crippen molar-refractivity contribution >= 4 is 43.5 Å². The molecule has 2 aromatic carbocycles. The fourth-order valence-electron chi connectivity index (χ4n) is 7.57. The summed E-state index contributed by atoms with van der Waals surface area (Å²) in [5, 5.41) is -0.512. The number of benzene rings is 2. The van der Waals surface area contributed by atoms with E-state index in [9.17, 15) is 26.7 Å². The fraction of sp³-hybridized carbons (Fsp3) is 0.455. The van der Waals surface area contributed by atoms with Gasteiger partial charge in [0.05, 0.1) is 32.2 Å². The van der Waals surface area contributed by atoms with Gasteiger partial charge in [0.25, 0.3) is 0 Å². The normalized spacial score (nSPS) is 23.8. The summed E-state index contributed by atoms with van der Waals surface area (Å²) in [5.41, 5.74) is 0.760. The number of hydrogen-bond acceptors (Lipinski definition) is 9. The van der Waals surface area contributed by atoms with E-state index in [-0.39, 0.29) is 71.2 Å². The number of aromatic nitrogens is 3. The van der Waals surface area contributed by atoms with Gasteiger partial charge in [0.2, 0.25) is 11.8 Å². The average molecular weight is 707 g/mol. The Labute approximate surface area is 280 Å². The van der Waals surface area contributed by atoms with E-state index in [0.29, 0.717) is 19.0 Å². The lowest BCUT2D eigenvalue weighted by atomic mass is 9.95. The molecule has 0 spiro atoms. The third-order valence-electron chi connectivity index (χ3n) is 9.99. The zero-order valence-corrected chi connectivity index (χ0v) is 27.4. The Morgan fingerprint density at radius 2 is 1.96 bits per heavy atom. The van der Waals surface area contributed by atoms with Crippen LogP contribution < -0.4 is 15.2 Å². The van der Waals surface area contributed by atoms with Gasteiger partial charge in [0.1, 0.15) is 30.2 Å². The number of rotatable bonds is 7. The Bertz CT molecular complexity index is 2000. The van der Waals surface area contributed by atoms with Crippen molar-refractivity contribution in [3.05, 3.63) is 48.1 Å². The molecule has 9 nitrogen and oxygen atoms in total. The lowest BCUT2D eigenvalue weighted by molar-refractivity contribution is -0.137. The number of nitrogens with zero attached hydrogens (tertiary/aromatic N) is 5. The van der Waals surface area contributed by atoms with Crippen LogP contribution in [0.2, 0.25) is 0 Å². The first-order chi connectivity index (χ1) is 23.1. The van der Waals surface area contributed by atoms with E-state index in [1.54, 1.807) is 13.8 Å². The zero-order chi connectivity index (χ0) is 35.0. The molecule has 0 radical (unpaired) electrons. The highest BCUT2D eigenvalue weighted by molar-refractivity contribution is 7.22. The summed E-state index contributed by atoms with van der Waals surface area (Å²) in [7, 11) is 0. The van der Waals surface area contributed by atoms with Crippen molar-refractivity contribution in [1.82, 2.24) is 24.8 Å². The van der Waals surface area contributed by atoms with Crippen LogP contribution in [-0.2, 0) is 11.0 Å². The minimum Gasteiger partial charge on any atom is -0.471 e. The van der Waals surface area contributed by atoms with E-state index in [4.69, 9.17) is 15.2 Å². The number of carbonyl (C=O) groups is 1. The van der Waals surface area contributed by atoms with Crippen LogP contribution in [0.15, 0.2) is 30.9 Å². The molecule has 49 heavy (non-hydrogen) atoms. The molecule has 3 atom stereocenters. The van der Waals surface area contributed by atoms with E-state index < -0.39 is 63.2 Å². The van der Waals surface area contributed by atoms with E-state index in [1.165, 1.54) is 4.90 Å². The molecule has 7 rings (SSSR count). The third kappa shape index (κ3) is 5.52. The number of thiazole rings is 1. The number of fused-ring (bicyclic) bond motifs is 3. The first-order valence-electron chi connectivity index (χ1n) is 15.7. The van der Waals surface area contributed by atoms with Gasteiger partial charge in [-0.25, -0.2) is 18.2 Å². The lowest BCUT2D eigenvalue weighted by Gasteiger charge is -2.35. The van der Waals surface area contributed by atoms with Crippen LogP contribution in [0, 0.1) is 11.6 Å². The Hall–Kier alpha value is -4.18.